The monoisotopic (exact) mass is 381 g/mol. The van der Waals surface area contributed by atoms with Crippen molar-refractivity contribution >= 4 is 11.8 Å². The molecular formula is C22H27N3O3. The van der Waals surface area contributed by atoms with Gasteiger partial charge in [0, 0.05) is 32.2 Å². The summed E-state index contributed by atoms with van der Waals surface area (Å²) < 4.78 is 5.92. The normalized spacial score (nSPS) is 14.8. The molecule has 0 aromatic heterocycles. The van der Waals surface area contributed by atoms with Gasteiger partial charge in [-0.15, -0.1) is 0 Å². The number of hydrogen-bond donors (Lipinski definition) is 1. The van der Waals surface area contributed by atoms with Crippen LogP contribution in [0.4, 0.5) is 0 Å². The van der Waals surface area contributed by atoms with Gasteiger partial charge in [-0.3, -0.25) is 14.5 Å². The van der Waals surface area contributed by atoms with E-state index in [9.17, 15) is 9.59 Å². The molecule has 0 bridgehead atoms. The van der Waals surface area contributed by atoms with Crippen molar-refractivity contribution in [2.45, 2.75) is 19.9 Å². The first-order valence-electron chi connectivity index (χ1n) is 9.66. The fourth-order valence-electron chi connectivity index (χ4n) is 3.20. The molecule has 1 heterocycles. The smallest absolute Gasteiger partial charge is 0.257 e. The Kier molecular flexibility index (Phi) is 6.66. The van der Waals surface area contributed by atoms with Crippen molar-refractivity contribution in [2.75, 3.05) is 32.7 Å². The van der Waals surface area contributed by atoms with Gasteiger partial charge in [-0.05, 0) is 38.1 Å². The average molecular weight is 381 g/mol. The number of hydrogen-bond acceptors (Lipinski definition) is 4. The Labute approximate surface area is 166 Å². The number of piperazine rings is 1. The maximum Gasteiger partial charge on any atom is 0.257 e. The molecule has 2 aromatic carbocycles. The number of nitrogens with one attached hydrogen (secondary N) is 1. The summed E-state index contributed by atoms with van der Waals surface area (Å²) in [6.07, 6.45) is 0. The Balaban J connectivity index is 1.60. The number of benzene rings is 2. The minimum atomic E-state index is -0.0437. The molecule has 0 radical (unpaired) electrons. The van der Waals surface area contributed by atoms with E-state index < -0.39 is 0 Å². The van der Waals surface area contributed by atoms with Crippen molar-refractivity contribution < 1.29 is 14.3 Å². The molecule has 148 valence electrons. The van der Waals surface area contributed by atoms with Crippen molar-refractivity contribution in [3.8, 4) is 11.5 Å². The molecule has 0 saturated carbocycles. The fraction of sp³-hybridized carbons (Fsp3) is 0.364. The van der Waals surface area contributed by atoms with Crippen LogP contribution in [0.3, 0.4) is 0 Å². The van der Waals surface area contributed by atoms with Gasteiger partial charge in [-0.2, -0.15) is 0 Å². The van der Waals surface area contributed by atoms with Gasteiger partial charge in [0.2, 0.25) is 5.91 Å². The molecule has 6 nitrogen and oxygen atoms in total. The van der Waals surface area contributed by atoms with Gasteiger partial charge in [-0.25, -0.2) is 0 Å². The van der Waals surface area contributed by atoms with Gasteiger partial charge in [0.05, 0.1) is 12.1 Å². The zero-order chi connectivity index (χ0) is 19.9. The van der Waals surface area contributed by atoms with Crippen LogP contribution in [0.5, 0.6) is 11.5 Å². The molecule has 1 fully saturated rings. The quantitative estimate of drug-likeness (QED) is 0.836. The van der Waals surface area contributed by atoms with Crippen LogP contribution in [0.2, 0.25) is 0 Å². The van der Waals surface area contributed by atoms with Crippen LogP contribution >= 0.6 is 0 Å². The summed E-state index contributed by atoms with van der Waals surface area (Å²) in [5.41, 5.74) is 0.553. The Morgan fingerprint density at radius 3 is 2.29 bits per heavy atom. The lowest BCUT2D eigenvalue weighted by molar-refractivity contribution is -0.123. The highest BCUT2D eigenvalue weighted by Crippen LogP contribution is 2.26. The van der Waals surface area contributed by atoms with Crippen molar-refractivity contribution in [1.29, 1.82) is 0 Å². The molecule has 1 aliphatic rings. The van der Waals surface area contributed by atoms with Crippen molar-refractivity contribution in [1.82, 2.24) is 15.1 Å². The van der Waals surface area contributed by atoms with E-state index in [1.54, 1.807) is 6.07 Å². The minimum absolute atomic E-state index is 0.0244. The van der Waals surface area contributed by atoms with Crippen LogP contribution in [0.15, 0.2) is 54.6 Å². The van der Waals surface area contributed by atoms with E-state index in [0.29, 0.717) is 49.8 Å². The van der Waals surface area contributed by atoms with Gasteiger partial charge >= 0.3 is 0 Å². The Hall–Kier alpha value is -2.86. The SMILES string of the molecule is CC(C)NC(=O)CN1CCN(C(=O)c2ccccc2Oc2ccccc2)CC1. The summed E-state index contributed by atoms with van der Waals surface area (Å²) in [5.74, 6) is 1.23. The zero-order valence-electron chi connectivity index (χ0n) is 16.4. The van der Waals surface area contributed by atoms with Gasteiger partial charge in [0.15, 0.2) is 0 Å². The second-order valence-electron chi connectivity index (χ2n) is 7.20. The van der Waals surface area contributed by atoms with Gasteiger partial charge in [0.1, 0.15) is 11.5 Å². The molecule has 0 atom stereocenters. The van der Waals surface area contributed by atoms with Crippen LogP contribution in [-0.2, 0) is 4.79 Å². The topological polar surface area (TPSA) is 61.9 Å². The van der Waals surface area contributed by atoms with Crippen LogP contribution in [-0.4, -0.2) is 60.4 Å². The van der Waals surface area contributed by atoms with Crippen LogP contribution < -0.4 is 10.1 Å². The van der Waals surface area contributed by atoms with Crippen LogP contribution in [0.1, 0.15) is 24.2 Å². The lowest BCUT2D eigenvalue weighted by Gasteiger charge is -2.34. The number of carbonyl (C=O) groups is 2. The summed E-state index contributed by atoms with van der Waals surface area (Å²) in [5, 5.41) is 2.90. The zero-order valence-corrected chi connectivity index (χ0v) is 16.4. The van der Waals surface area contributed by atoms with E-state index in [1.165, 1.54) is 0 Å². The second kappa shape index (κ2) is 9.37. The first-order chi connectivity index (χ1) is 13.5. The van der Waals surface area contributed by atoms with E-state index in [1.807, 2.05) is 67.3 Å². The lowest BCUT2D eigenvalue weighted by atomic mass is 10.1. The summed E-state index contributed by atoms with van der Waals surface area (Å²) in [6.45, 7) is 6.81. The molecule has 2 amide bonds. The summed E-state index contributed by atoms with van der Waals surface area (Å²) in [4.78, 5) is 28.9. The molecule has 1 N–H and O–H groups in total. The summed E-state index contributed by atoms with van der Waals surface area (Å²) >= 11 is 0. The van der Waals surface area contributed by atoms with E-state index in [0.717, 1.165) is 0 Å². The fourth-order valence-corrected chi connectivity index (χ4v) is 3.20. The molecule has 28 heavy (non-hydrogen) atoms. The number of nitrogens with zero attached hydrogens (tertiary/aromatic N) is 2. The van der Waals surface area contributed by atoms with Crippen LogP contribution in [0, 0.1) is 0 Å². The van der Waals surface area contributed by atoms with E-state index in [4.69, 9.17) is 4.74 Å². The third-order valence-corrected chi connectivity index (χ3v) is 4.56. The van der Waals surface area contributed by atoms with Crippen molar-refractivity contribution in [3.05, 3.63) is 60.2 Å². The molecule has 6 heteroatoms. The number of carbonyl (C=O) groups excluding carboxylic acids is 2. The minimum Gasteiger partial charge on any atom is -0.457 e. The van der Waals surface area contributed by atoms with E-state index in [2.05, 4.69) is 10.2 Å². The largest absolute Gasteiger partial charge is 0.457 e. The Morgan fingerprint density at radius 1 is 0.964 bits per heavy atom. The summed E-state index contributed by atoms with van der Waals surface area (Å²) in [6, 6.07) is 16.9. The summed E-state index contributed by atoms with van der Waals surface area (Å²) in [7, 11) is 0. The van der Waals surface area contributed by atoms with Gasteiger partial charge < -0.3 is 15.0 Å². The predicted molar refractivity (Wildman–Crippen MR) is 109 cm³/mol. The lowest BCUT2D eigenvalue weighted by Crippen LogP contribution is -2.51. The first-order valence-corrected chi connectivity index (χ1v) is 9.66. The van der Waals surface area contributed by atoms with Gasteiger partial charge in [-0.1, -0.05) is 30.3 Å². The Bertz CT molecular complexity index is 800. The van der Waals surface area contributed by atoms with Crippen molar-refractivity contribution in [3.63, 3.8) is 0 Å². The number of para-hydroxylation sites is 2. The van der Waals surface area contributed by atoms with E-state index >= 15 is 0 Å². The highest BCUT2D eigenvalue weighted by Gasteiger charge is 2.25. The molecular weight excluding hydrogens is 354 g/mol. The van der Waals surface area contributed by atoms with Crippen molar-refractivity contribution in [2.24, 2.45) is 0 Å². The third-order valence-electron chi connectivity index (χ3n) is 4.56. The number of amides is 2. The number of rotatable bonds is 6. The first kappa shape index (κ1) is 19.9. The average Bonchev–Trinajstić information content (AvgIpc) is 2.69. The predicted octanol–water partition coefficient (Wildman–Crippen LogP) is 2.76. The van der Waals surface area contributed by atoms with Gasteiger partial charge in [0.25, 0.3) is 5.91 Å². The molecule has 1 aliphatic heterocycles. The maximum atomic E-state index is 13.0. The standard InChI is InChI=1S/C22H27N3O3/c1-17(2)23-21(26)16-24-12-14-25(15-13-24)22(27)19-10-6-7-11-20(19)28-18-8-4-3-5-9-18/h3-11,17H,12-16H2,1-2H3,(H,23,26). The highest BCUT2D eigenvalue weighted by molar-refractivity contribution is 5.97. The molecule has 0 aliphatic carbocycles. The number of ether oxygens (including phenoxy) is 1. The highest BCUT2D eigenvalue weighted by atomic mass is 16.5. The molecule has 0 spiro atoms. The molecule has 0 unspecified atom stereocenters. The molecule has 2 aromatic rings. The van der Waals surface area contributed by atoms with Crippen LogP contribution in [0.25, 0.3) is 0 Å². The molecule has 3 rings (SSSR count). The van der Waals surface area contributed by atoms with E-state index in [-0.39, 0.29) is 17.9 Å². The third kappa shape index (κ3) is 5.33. The second-order valence-corrected chi connectivity index (χ2v) is 7.20. The Morgan fingerprint density at radius 2 is 1.61 bits per heavy atom. The maximum absolute atomic E-state index is 13.0. The molecule has 1 saturated heterocycles.